The van der Waals surface area contributed by atoms with Crippen molar-refractivity contribution in [1.29, 1.82) is 0 Å². The van der Waals surface area contributed by atoms with Crippen LogP contribution in [0.4, 0.5) is 11.4 Å². The molecule has 0 spiro atoms. The van der Waals surface area contributed by atoms with Gasteiger partial charge in [-0.2, -0.15) is 4.31 Å². The molecule has 0 amide bonds. The van der Waals surface area contributed by atoms with Crippen molar-refractivity contribution in [2.45, 2.75) is 38.0 Å². The molecule has 27 heavy (non-hydrogen) atoms. The van der Waals surface area contributed by atoms with Crippen molar-refractivity contribution in [3.63, 3.8) is 0 Å². The van der Waals surface area contributed by atoms with Crippen LogP contribution in [0.1, 0.15) is 33.1 Å². The van der Waals surface area contributed by atoms with Crippen molar-refractivity contribution >= 4 is 21.4 Å². The second-order valence-electron chi connectivity index (χ2n) is 7.93. The number of ether oxygens (including phenoxy) is 1. The molecule has 0 atom stereocenters. The molecule has 2 saturated heterocycles. The fourth-order valence-corrected chi connectivity index (χ4v) is 5.31. The van der Waals surface area contributed by atoms with Crippen molar-refractivity contribution in [2.24, 2.45) is 5.41 Å². The van der Waals surface area contributed by atoms with Crippen molar-refractivity contribution in [1.82, 2.24) is 4.31 Å². The SMILES string of the molecule is CC1(C)CCCN(c2ccc([N+](=O)[O-])cc2S(=O)(=O)N2CCOCC2)CC1. The van der Waals surface area contributed by atoms with E-state index in [2.05, 4.69) is 18.7 Å². The number of anilines is 1. The molecule has 3 rings (SSSR count). The molecule has 9 heteroatoms. The van der Waals surface area contributed by atoms with Crippen LogP contribution in [0.15, 0.2) is 23.1 Å². The minimum Gasteiger partial charge on any atom is -0.379 e. The summed E-state index contributed by atoms with van der Waals surface area (Å²) in [5.74, 6) is 0. The zero-order valence-corrected chi connectivity index (χ0v) is 16.7. The summed E-state index contributed by atoms with van der Waals surface area (Å²) in [7, 11) is -3.83. The summed E-state index contributed by atoms with van der Waals surface area (Å²) in [6.07, 6.45) is 2.98. The lowest BCUT2D eigenvalue weighted by Crippen LogP contribution is -2.41. The smallest absolute Gasteiger partial charge is 0.270 e. The summed E-state index contributed by atoms with van der Waals surface area (Å²) in [5, 5.41) is 11.2. The monoisotopic (exact) mass is 397 g/mol. The molecule has 2 aliphatic heterocycles. The Morgan fingerprint density at radius 2 is 1.81 bits per heavy atom. The zero-order chi connectivity index (χ0) is 19.7. The quantitative estimate of drug-likeness (QED) is 0.573. The van der Waals surface area contributed by atoms with Crippen molar-refractivity contribution < 1.29 is 18.1 Å². The van der Waals surface area contributed by atoms with Crippen LogP contribution in [0.5, 0.6) is 0 Å². The average Bonchev–Trinajstić information content (AvgIpc) is 2.82. The van der Waals surface area contributed by atoms with E-state index in [0.29, 0.717) is 18.9 Å². The minimum atomic E-state index is -3.83. The lowest BCUT2D eigenvalue weighted by atomic mass is 9.85. The van der Waals surface area contributed by atoms with Crippen LogP contribution in [-0.2, 0) is 14.8 Å². The summed E-state index contributed by atoms with van der Waals surface area (Å²) < 4.78 is 33.1. The predicted octanol–water partition coefficient (Wildman–Crippen LogP) is 2.63. The van der Waals surface area contributed by atoms with E-state index < -0.39 is 14.9 Å². The molecule has 0 N–H and O–H groups in total. The van der Waals surface area contributed by atoms with Gasteiger partial charge in [0.25, 0.3) is 5.69 Å². The van der Waals surface area contributed by atoms with Crippen LogP contribution in [0.25, 0.3) is 0 Å². The van der Waals surface area contributed by atoms with Gasteiger partial charge >= 0.3 is 0 Å². The first-order chi connectivity index (χ1) is 12.7. The van der Waals surface area contributed by atoms with Gasteiger partial charge in [0.1, 0.15) is 4.90 Å². The lowest BCUT2D eigenvalue weighted by Gasteiger charge is -2.30. The largest absolute Gasteiger partial charge is 0.379 e. The molecular formula is C18H27N3O5S. The number of nitro benzene ring substituents is 1. The molecule has 150 valence electrons. The maximum absolute atomic E-state index is 13.3. The fourth-order valence-electron chi connectivity index (χ4n) is 3.67. The van der Waals surface area contributed by atoms with Gasteiger partial charge in [-0.25, -0.2) is 8.42 Å². The average molecular weight is 397 g/mol. The summed E-state index contributed by atoms with van der Waals surface area (Å²) in [4.78, 5) is 12.8. The normalized spacial score (nSPS) is 21.6. The van der Waals surface area contributed by atoms with Crippen molar-refractivity contribution in [3.05, 3.63) is 28.3 Å². The first kappa shape index (κ1) is 20.0. The highest BCUT2D eigenvalue weighted by Gasteiger charge is 2.33. The number of rotatable bonds is 4. The van der Waals surface area contributed by atoms with Gasteiger partial charge in [0.2, 0.25) is 10.0 Å². The third-order valence-corrected chi connectivity index (χ3v) is 7.35. The Morgan fingerprint density at radius 3 is 2.48 bits per heavy atom. The fraction of sp³-hybridized carbons (Fsp3) is 0.667. The van der Waals surface area contributed by atoms with Crippen molar-refractivity contribution in [3.8, 4) is 0 Å². The van der Waals surface area contributed by atoms with Gasteiger partial charge in [0, 0.05) is 38.3 Å². The Kier molecular flexibility index (Phi) is 5.73. The molecule has 0 saturated carbocycles. The summed E-state index contributed by atoms with van der Waals surface area (Å²) >= 11 is 0. The highest BCUT2D eigenvalue weighted by molar-refractivity contribution is 7.89. The number of sulfonamides is 1. The molecule has 0 bridgehead atoms. The van der Waals surface area contributed by atoms with E-state index in [4.69, 9.17) is 4.74 Å². The van der Waals surface area contributed by atoms with E-state index in [-0.39, 0.29) is 29.1 Å². The van der Waals surface area contributed by atoms with Gasteiger partial charge in [0.15, 0.2) is 0 Å². The molecule has 2 fully saturated rings. The van der Waals surface area contributed by atoms with E-state index in [9.17, 15) is 18.5 Å². The second-order valence-corrected chi connectivity index (χ2v) is 9.84. The number of non-ortho nitro benzene ring substituents is 1. The third kappa shape index (κ3) is 4.41. The minimum absolute atomic E-state index is 0.0262. The zero-order valence-electron chi connectivity index (χ0n) is 15.9. The van der Waals surface area contributed by atoms with Gasteiger partial charge < -0.3 is 9.64 Å². The molecule has 2 heterocycles. The second kappa shape index (κ2) is 7.73. The molecule has 1 aromatic rings. The topological polar surface area (TPSA) is 93.0 Å². The van der Waals surface area contributed by atoms with E-state index >= 15 is 0 Å². The maximum Gasteiger partial charge on any atom is 0.270 e. The number of nitro groups is 1. The lowest BCUT2D eigenvalue weighted by molar-refractivity contribution is -0.385. The predicted molar refractivity (Wildman–Crippen MR) is 103 cm³/mol. The van der Waals surface area contributed by atoms with Crippen LogP contribution in [0, 0.1) is 15.5 Å². The number of nitrogens with zero attached hydrogens (tertiary/aromatic N) is 3. The van der Waals surface area contributed by atoms with Crippen LogP contribution < -0.4 is 4.90 Å². The van der Waals surface area contributed by atoms with Gasteiger partial charge in [-0.05, 0) is 30.7 Å². The summed E-state index contributed by atoms with van der Waals surface area (Å²) in [5.41, 5.74) is 0.559. The molecule has 1 aromatic carbocycles. The highest BCUT2D eigenvalue weighted by atomic mass is 32.2. The molecule has 0 radical (unpaired) electrons. The molecular weight excluding hydrogens is 370 g/mol. The number of hydrogen-bond acceptors (Lipinski definition) is 6. The molecule has 0 aromatic heterocycles. The van der Waals surface area contributed by atoms with Crippen molar-refractivity contribution in [2.75, 3.05) is 44.3 Å². The van der Waals surface area contributed by atoms with E-state index in [1.165, 1.54) is 16.4 Å². The Labute approximate surface area is 160 Å². The number of morpholine rings is 1. The first-order valence-electron chi connectivity index (χ1n) is 9.32. The number of benzene rings is 1. The molecule has 0 aliphatic carbocycles. The van der Waals surface area contributed by atoms with E-state index in [1.807, 2.05) is 0 Å². The standard InChI is InChI=1S/C18H27N3O5S/c1-18(2)6-3-8-19(9-7-18)16-5-4-15(21(22)23)14-17(16)27(24,25)20-10-12-26-13-11-20/h4-5,14H,3,6-13H2,1-2H3. The Bertz CT molecular complexity index is 803. The Morgan fingerprint density at radius 1 is 1.11 bits per heavy atom. The molecule has 2 aliphatic rings. The van der Waals surface area contributed by atoms with Gasteiger partial charge in [-0.15, -0.1) is 0 Å². The molecule has 8 nitrogen and oxygen atoms in total. The van der Waals surface area contributed by atoms with Gasteiger partial charge in [0.05, 0.1) is 23.8 Å². The van der Waals surface area contributed by atoms with Crippen LogP contribution in [-0.4, -0.2) is 57.0 Å². The summed E-state index contributed by atoms with van der Waals surface area (Å²) in [6.45, 7) is 7.11. The summed E-state index contributed by atoms with van der Waals surface area (Å²) in [6, 6.07) is 4.18. The van der Waals surface area contributed by atoms with E-state index in [0.717, 1.165) is 32.4 Å². The van der Waals surface area contributed by atoms with E-state index in [1.54, 1.807) is 6.07 Å². The van der Waals surface area contributed by atoms with Gasteiger partial charge in [-0.1, -0.05) is 13.8 Å². The highest BCUT2D eigenvalue weighted by Crippen LogP contribution is 2.36. The van der Waals surface area contributed by atoms with Crippen LogP contribution in [0.2, 0.25) is 0 Å². The number of hydrogen-bond donors (Lipinski definition) is 0. The third-order valence-electron chi connectivity index (χ3n) is 5.42. The first-order valence-corrected chi connectivity index (χ1v) is 10.8. The molecule has 0 unspecified atom stereocenters. The van der Waals surface area contributed by atoms with Gasteiger partial charge in [-0.3, -0.25) is 10.1 Å². The van der Waals surface area contributed by atoms with Crippen LogP contribution in [0.3, 0.4) is 0 Å². The Hall–Kier alpha value is -1.71. The Balaban J connectivity index is 2.02. The van der Waals surface area contributed by atoms with Crippen LogP contribution >= 0.6 is 0 Å². The maximum atomic E-state index is 13.3.